The highest BCUT2D eigenvalue weighted by Gasteiger charge is 2.16. The SMILES string of the molecule is C/C(CCN1CCN(c2ccccc2)CC1)=N/O. The molecule has 1 aliphatic rings. The zero-order valence-electron chi connectivity index (χ0n) is 10.9. The van der Waals surface area contributed by atoms with Crippen molar-refractivity contribution in [2.75, 3.05) is 37.6 Å². The van der Waals surface area contributed by atoms with Crippen molar-refractivity contribution in [3.63, 3.8) is 0 Å². The van der Waals surface area contributed by atoms with Gasteiger partial charge in [-0.1, -0.05) is 23.4 Å². The van der Waals surface area contributed by atoms with E-state index in [0.29, 0.717) is 0 Å². The van der Waals surface area contributed by atoms with Crippen LogP contribution in [0, 0.1) is 0 Å². The smallest absolute Gasteiger partial charge is 0.0552 e. The van der Waals surface area contributed by atoms with Crippen LogP contribution in [-0.2, 0) is 0 Å². The summed E-state index contributed by atoms with van der Waals surface area (Å²) in [7, 11) is 0. The summed E-state index contributed by atoms with van der Waals surface area (Å²) in [5, 5.41) is 11.8. The molecule has 0 atom stereocenters. The van der Waals surface area contributed by atoms with E-state index in [0.717, 1.165) is 44.9 Å². The van der Waals surface area contributed by atoms with Gasteiger partial charge < -0.3 is 10.1 Å². The lowest BCUT2D eigenvalue weighted by Gasteiger charge is -2.36. The Bertz CT molecular complexity index is 383. The van der Waals surface area contributed by atoms with Crippen LogP contribution in [0.2, 0.25) is 0 Å². The first-order chi connectivity index (χ1) is 8.79. The molecule has 1 saturated heterocycles. The minimum Gasteiger partial charge on any atom is -0.411 e. The molecule has 4 nitrogen and oxygen atoms in total. The lowest BCUT2D eigenvalue weighted by Crippen LogP contribution is -2.46. The number of hydrogen-bond acceptors (Lipinski definition) is 4. The third-order valence-corrected chi connectivity index (χ3v) is 3.45. The van der Waals surface area contributed by atoms with E-state index in [2.05, 4.69) is 45.3 Å². The van der Waals surface area contributed by atoms with Gasteiger partial charge in [-0.2, -0.15) is 0 Å². The number of anilines is 1. The Labute approximate surface area is 109 Å². The summed E-state index contributed by atoms with van der Waals surface area (Å²) in [5.41, 5.74) is 2.12. The Morgan fingerprint density at radius 1 is 1.17 bits per heavy atom. The molecule has 0 aromatic heterocycles. The number of oxime groups is 1. The Morgan fingerprint density at radius 3 is 2.44 bits per heavy atom. The number of para-hydroxylation sites is 1. The van der Waals surface area contributed by atoms with Crippen molar-refractivity contribution in [3.05, 3.63) is 30.3 Å². The summed E-state index contributed by atoms with van der Waals surface area (Å²) >= 11 is 0. The molecule has 4 heteroatoms. The van der Waals surface area contributed by atoms with Crippen LogP contribution in [-0.4, -0.2) is 48.5 Å². The molecule has 0 bridgehead atoms. The van der Waals surface area contributed by atoms with Gasteiger partial charge in [0, 0.05) is 44.8 Å². The fraction of sp³-hybridized carbons (Fsp3) is 0.500. The second kappa shape index (κ2) is 6.40. The Kier molecular flexibility index (Phi) is 4.59. The van der Waals surface area contributed by atoms with Gasteiger partial charge in [0.1, 0.15) is 0 Å². The summed E-state index contributed by atoms with van der Waals surface area (Å²) in [4.78, 5) is 4.84. The first-order valence-electron chi connectivity index (χ1n) is 6.49. The van der Waals surface area contributed by atoms with Crippen LogP contribution in [0.5, 0.6) is 0 Å². The lowest BCUT2D eigenvalue weighted by atomic mass is 10.2. The third kappa shape index (κ3) is 3.47. The van der Waals surface area contributed by atoms with E-state index in [9.17, 15) is 0 Å². The van der Waals surface area contributed by atoms with E-state index < -0.39 is 0 Å². The minimum atomic E-state index is 0.806. The number of nitrogens with zero attached hydrogens (tertiary/aromatic N) is 3. The van der Waals surface area contributed by atoms with Crippen molar-refractivity contribution in [2.45, 2.75) is 13.3 Å². The first-order valence-corrected chi connectivity index (χ1v) is 6.49. The highest BCUT2D eigenvalue weighted by atomic mass is 16.4. The van der Waals surface area contributed by atoms with Gasteiger partial charge in [0.2, 0.25) is 0 Å². The molecule has 0 radical (unpaired) electrons. The molecule has 18 heavy (non-hydrogen) atoms. The number of hydrogen-bond donors (Lipinski definition) is 1. The summed E-state index contributed by atoms with van der Waals surface area (Å²) in [5.74, 6) is 0. The zero-order valence-corrected chi connectivity index (χ0v) is 10.9. The molecule has 0 spiro atoms. The van der Waals surface area contributed by atoms with E-state index in [-0.39, 0.29) is 0 Å². The maximum atomic E-state index is 8.62. The second-order valence-electron chi connectivity index (χ2n) is 4.75. The monoisotopic (exact) mass is 247 g/mol. The molecule has 1 aromatic carbocycles. The summed E-state index contributed by atoms with van der Waals surface area (Å²) in [6.07, 6.45) is 0.849. The maximum Gasteiger partial charge on any atom is 0.0552 e. The summed E-state index contributed by atoms with van der Waals surface area (Å²) in [6.45, 7) is 7.14. The largest absolute Gasteiger partial charge is 0.411 e. The second-order valence-corrected chi connectivity index (χ2v) is 4.75. The first kappa shape index (κ1) is 12.9. The van der Waals surface area contributed by atoms with Crippen molar-refractivity contribution in [1.29, 1.82) is 0 Å². The van der Waals surface area contributed by atoms with Gasteiger partial charge in [0.25, 0.3) is 0 Å². The molecule has 1 fully saturated rings. The number of piperazine rings is 1. The van der Waals surface area contributed by atoms with Crippen LogP contribution < -0.4 is 4.90 Å². The van der Waals surface area contributed by atoms with Crippen molar-refractivity contribution in [3.8, 4) is 0 Å². The molecule has 1 heterocycles. The van der Waals surface area contributed by atoms with Crippen molar-refractivity contribution in [1.82, 2.24) is 4.90 Å². The molecule has 1 aliphatic heterocycles. The fourth-order valence-corrected chi connectivity index (χ4v) is 2.24. The molecule has 0 amide bonds. The highest BCUT2D eigenvalue weighted by molar-refractivity contribution is 5.81. The molecule has 0 unspecified atom stereocenters. The van der Waals surface area contributed by atoms with Crippen LogP contribution in [0.3, 0.4) is 0 Å². The molecule has 0 saturated carbocycles. The number of rotatable bonds is 4. The topological polar surface area (TPSA) is 39.1 Å². The molecular formula is C14H21N3O. The van der Waals surface area contributed by atoms with E-state index in [1.807, 2.05) is 6.92 Å². The maximum absolute atomic E-state index is 8.62. The van der Waals surface area contributed by atoms with Crippen molar-refractivity contribution in [2.24, 2.45) is 5.16 Å². The molecule has 1 N–H and O–H groups in total. The molecule has 0 aliphatic carbocycles. The van der Waals surface area contributed by atoms with Gasteiger partial charge >= 0.3 is 0 Å². The normalized spacial score (nSPS) is 18.1. The van der Waals surface area contributed by atoms with Crippen LogP contribution in [0.25, 0.3) is 0 Å². The molecule has 2 rings (SSSR count). The number of benzene rings is 1. The molecular weight excluding hydrogens is 226 g/mol. The predicted octanol–water partition coefficient (Wildman–Crippen LogP) is 2.05. The van der Waals surface area contributed by atoms with Crippen LogP contribution >= 0.6 is 0 Å². The van der Waals surface area contributed by atoms with Gasteiger partial charge in [-0.3, -0.25) is 4.90 Å². The van der Waals surface area contributed by atoms with Crippen molar-refractivity contribution >= 4 is 11.4 Å². The quantitative estimate of drug-likeness (QED) is 0.503. The molecule has 98 valence electrons. The minimum absolute atomic E-state index is 0.806. The Hall–Kier alpha value is -1.55. The predicted molar refractivity (Wildman–Crippen MR) is 74.6 cm³/mol. The van der Waals surface area contributed by atoms with Gasteiger partial charge in [-0.05, 0) is 19.1 Å². The average Bonchev–Trinajstić information content (AvgIpc) is 2.46. The van der Waals surface area contributed by atoms with Crippen LogP contribution in [0.4, 0.5) is 5.69 Å². The van der Waals surface area contributed by atoms with Gasteiger partial charge in [-0.25, -0.2) is 0 Å². The Balaban J connectivity index is 1.78. The van der Waals surface area contributed by atoms with Gasteiger partial charge in [0.05, 0.1) is 5.71 Å². The third-order valence-electron chi connectivity index (χ3n) is 3.45. The zero-order chi connectivity index (χ0) is 12.8. The van der Waals surface area contributed by atoms with E-state index in [1.165, 1.54) is 5.69 Å². The summed E-state index contributed by atoms with van der Waals surface area (Å²) < 4.78 is 0. The highest BCUT2D eigenvalue weighted by Crippen LogP contribution is 2.15. The van der Waals surface area contributed by atoms with Gasteiger partial charge in [0.15, 0.2) is 0 Å². The Morgan fingerprint density at radius 2 is 1.83 bits per heavy atom. The molecule has 1 aromatic rings. The fourth-order valence-electron chi connectivity index (χ4n) is 2.24. The van der Waals surface area contributed by atoms with E-state index >= 15 is 0 Å². The van der Waals surface area contributed by atoms with E-state index in [1.54, 1.807) is 0 Å². The summed E-state index contributed by atoms with van der Waals surface area (Å²) in [6, 6.07) is 10.6. The lowest BCUT2D eigenvalue weighted by molar-refractivity contribution is 0.262. The van der Waals surface area contributed by atoms with Crippen LogP contribution in [0.1, 0.15) is 13.3 Å². The standard InChI is InChI=1S/C14H21N3O/c1-13(15-18)7-8-16-9-11-17(12-10-16)14-5-3-2-4-6-14/h2-6,18H,7-12H2,1H3/b15-13-. The van der Waals surface area contributed by atoms with Gasteiger partial charge in [-0.15, -0.1) is 0 Å². The van der Waals surface area contributed by atoms with Crippen LogP contribution in [0.15, 0.2) is 35.5 Å². The van der Waals surface area contributed by atoms with Crippen molar-refractivity contribution < 1.29 is 5.21 Å². The van der Waals surface area contributed by atoms with E-state index in [4.69, 9.17) is 5.21 Å². The average molecular weight is 247 g/mol.